The minimum absolute atomic E-state index is 0.292. The monoisotopic (exact) mass is 204 g/mol. The third-order valence-corrected chi connectivity index (χ3v) is 3.44. The van der Waals surface area contributed by atoms with Crippen LogP contribution in [0.25, 0.3) is 0 Å². The van der Waals surface area contributed by atoms with E-state index in [-0.39, 0.29) is 5.92 Å². The Morgan fingerprint density at radius 2 is 2.20 bits per heavy atom. The molecule has 0 radical (unpaired) electrons. The maximum absolute atomic E-state index is 11.3. The summed E-state index contributed by atoms with van der Waals surface area (Å²) in [6.45, 7) is 2.08. The Morgan fingerprint density at radius 3 is 2.87 bits per heavy atom. The predicted molar refractivity (Wildman–Crippen MR) is 58.9 cm³/mol. The summed E-state index contributed by atoms with van der Waals surface area (Å²) >= 11 is 0. The van der Waals surface area contributed by atoms with E-state index < -0.39 is 5.97 Å². The quantitative estimate of drug-likeness (QED) is 0.804. The lowest BCUT2D eigenvalue weighted by atomic mass is 9.74. The summed E-state index contributed by atoms with van der Waals surface area (Å²) in [7, 11) is 0. The number of hydrogen-bond acceptors (Lipinski definition) is 1. The lowest BCUT2D eigenvalue weighted by Crippen LogP contribution is -2.26. The fourth-order valence-electron chi connectivity index (χ4n) is 2.60. The molecule has 1 aromatic carbocycles. The number of carbonyl (C=O) groups is 1. The second-order valence-corrected chi connectivity index (χ2v) is 4.22. The summed E-state index contributed by atoms with van der Waals surface area (Å²) in [5.74, 6) is -0.661. The smallest absolute Gasteiger partial charge is 0.311 e. The summed E-state index contributed by atoms with van der Waals surface area (Å²) in [4.78, 5) is 11.3. The van der Waals surface area contributed by atoms with Crippen LogP contribution in [-0.2, 0) is 11.2 Å². The summed E-state index contributed by atoms with van der Waals surface area (Å²) in [5, 5.41) is 9.29. The molecule has 1 aliphatic rings. The van der Waals surface area contributed by atoms with Crippen molar-refractivity contribution in [1.82, 2.24) is 0 Å². The van der Waals surface area contributed by atoms with Gasteiger partial charge in [0.15, 0.2) is 0 Å². The van der Waals surface area contributed by atoms with Gasteiger partial charge in [0, 0.05) is 0 Å². The summed E-state index contributed by atoms with van der Waals surface area (Å²) < 4.78 is 0. The molecule has 2 nitrogen and oxygen atoms in total. The lowest BCUT2D eigenvalue weighted by molar-refractivity contribution is -0.140. The maximum atomic E-state index is 11.3. The second kappa shape index (κ2) is 4.05. The first-order valence-corrected chi connectivity index (χ1v) is 5.54. The molecule has 0 heterocycles. The third kappa shape index (κ3) is 1.76. The Bertz CT molecular complexity index is 371. The third-order valence-electron chi connectivity index (χ3n) is 3.44. The normalized spacial score (nSPS) is 24.6. The number of carboxylic acids is 1. The summed E-state index contributed by atoms with van der Waals surface area (Å²) in [5.41, 5.74) is 2.25. The van der Waals surface area contributed by atoms with E-state index in [1.807, 2.05) is 18.2 Å². The topological polar surface area (TPSA) is 37.3 Å². The molecule has 1 aromatic rings. The molecule has 15 heavy (non-hydrogen) atoms. The van der Waals surface area contributed by atoms with Crippen molar-refractivity contribution in [1.29, 1.82) is 0 Å². The van der Waals surface area contributed by atoms with Crippen LogP contribution in [-0.4, -0.2) is 11.1 Å². The zero-order valence-corrected chi connectivity index (χ0v) is 8.94. The van der Waals surface area contributed by atoms with Crippen molar-refractivity contribution in [2.75, 3.05) is 0 Å². The van der Waals surface area contributed by atoms with Crippen LogP contribution in [0.1, 0.15) is 36.8 Å². The minimum atomic E-state index is -0.672. The first kappa shape index (κ1) is 10.2. The van der Waals surface area contributed by atoms with Crippen LogP contribution in [0.4, 0.5) is 0 Å². The molecule has 2 heteroatoms. The molecule has 1 aliphatic carbocycles. The van der Waals surface area contributed by atoms with Gasteiger partial charge >= 0.3 is 5.97 Å². The van der Waals surface area contributed by atoms with E-state index >= 15 is 0 Å². The van der Waals surface area contributed by atoms with E-state index in [2.05, 4.69) is 13.0 Å². The van der Waals surface area contributed by atoms with E-state index in [0.717, 1.165) is 24.8 Å². The van der Waals surface area contributed by atoms with Gasteiger partial charge in [0.05, 0.1) is 5.92 Å². The van der Waals surface area contributed by atoms with Crippen molar-refractivity contribution in [2.45, 2.75) is 32.1 Å². The van der Waals surface area contributed by atoms with Crippen LogP contribution in [0.2, 0.25) is 0 Å². The molecule has 0 aromatic heterocycles. The largest absolute Gasteiger partial charge is 0.481 e. The van der Waals surface area contributed by atoms with E-state index in [4.69, 9.17) is 0 Å². The van der Waals surface area contributed by atoms with Crippen LogP contribution in [0.15, 0.2) is 24.3 Å². The predicted octanol–water partition coefficient (Wildman–Crippen LogP) is 2.83. The maximum Gasteiger partial charge on any atom is 0.311 e. The molecule has 1 N–H and O–H groups in total. The number of aryl methyl sites for hydroxylation is 1. The Hall–Kier alpha value is -1.31. The summed E-state index contributed by atoms with van der Waals surface area (Å²) in [6, 6.07) is 7.95. The van der Waals surface area contributed by atoms with Crippen molar-refractivity contribution in [3.8, 4) is 0 Å². The van der Waals surface area contributed by atoms with E-state index in [1.165, 1.54) is 5.56 Å². The number of fused-ring (bicyclic) bond motifs is 1. The Kier molecular flexibility index (Phi) is 2.76. The SMILES string of the molecule is CCC1CCc2ccccc2C1C(=O)O. The number of carboxylic acid groups (broad SMARTS) is 1. The molecular weight excluding hydrogens is 188 g/mol. The molecule has 0 fully saturated rings. The van der Waals surface area contributed by atoms with Gasteiger partial charge in [-0.3, -0.25) is 4.79 Å². The molecule has 0 saturated heterocycles. The highest BCUT2D eigenvalue weighted by molar-refractivity contribution is 5.77. The second-order valence-electron chi connectivity index (χ2n) is 4.22. The molecule has 0 spiro atoms. The van der Waals surface area contributed by atoms with Gasteiger partial charge in [0.1, 0.15) is 0 Å². The van der Waals surface area contributed by atoms with Gasteiger partial charge in [0.2, 0.25) is 0 Å². The van der Waals surface area contributed by atoms with Gasteiger partial charge in [0.25, 0.3) is 0 Å². The van der Waals surface area contributed by atoms with Crippen molar-refractivity contribution >= 4 is 5.97 Å². The van der Waals surface area contributed by atoms with Crippen molar-refractivity contribution in [3.63, 3.8) is 0 Å². The fraction of sp³-hybridized carbons (Fsp3) is 0.462. The Labute approximate surface area is 89.9 Å². The number of hydrogen-bond donors (Lipinski definition) is 1. The molecule has 0 bridgehead atoms. The highest BCUT2D eigenvalue weighted by Gasteiger charge is 2.33. The molecule has 0 amide bonds. The van der Waals surface area contributed by atoms with Gasteiger partial charge < -0.3 is 5.11 Å². The summed E-state index contributed by atoms with van der Waals surface area (Å²) in [6.07, 6.45) is 2.98. The first-order chi connectivity index (χ1) is 7.24. The van der Waals surface area contributed by atoms with Gasteiger partial charge in [-0.2, -0.15) is 0 Å². The van der Waals surface area contributed by atoms with Crippen LogP contribution in [0.5, 0.6) is 0 Å². The Morgan fingerprint density at radius 1 is 1.47 bits per heavy atom. The fourth-order valence-corrected chi connectivity index (χ4v) is 2.60. The zero-order chi connectivity index (χ0) is 10.8. The van der Waals surface area contributed by atoms with Crippen LogP contribution in [0, 0.1) is 5.92 Å². The molecule has 2 unspecified atom stereocenters. The van der Waals surface area contributed by atoms with Crippen molar-refractivity contribution in [3.05, 3.63) is 35.4 Å². The minimum Gasteiger partial charge on any atom is -0.481 e. The van der Waals surface area contributed by atoms with Gasteiger partial charge in [-0.1, -0.05) is 37.6 Å². The average Bonchev–Trinajstić information content (AvgIpc) is 2.27. The van der Waals surface area contributed by atoms with Crippen molar-refractivity contribution < 1.29 is 9.90 Å². The van der Waals surface area contributed by atoms with E-state index in [0.29, 0.717) is 5.92 Å². The molecule has 2 atom stereocenters. The van der Waals surface area contributed by atoms with Crippen molar-refractivity contribution in [2.24, 2.45) is 5.92 Å². The molecule has 0 saturated carbocycles. The highest BCUT2D eigenvalue weighted by atomic mass is 16.4. The molecule has 2 rings (SSSR count). The average molecular weight is 204 g/mol. The number of rotatable bonds is 2. The standard InChI is InChI=1S/C13H16O2/c1-2-9-7-8-10-5-3-4-6-11(10)12(9)13(14)15/h3-6,9,12H,2,7-8H2,1H3,(H,14,15). The lowest BCUT2D eigenvalue weighted by Gasteiger charge is -2.30. The molecule has 80 valence electrons. The van der Waals surface area contributed by atoms with Crippen LogP contribution < -0.4 is 0 Å². The van der Waals surface area contributed by atoms with E-state index in [1.54, 1.807) is 0 Å². The molecule has 0 aliphatic heterocycles. The number of aliphatic carboxylic acids is 1. The zero-order valence-electron chi connectivity index (χ0n) is 8.94. The van der Waals surface area contributed by atoms with Gasteiger partial charge in [-0.05, 0) is 29.9 Å². The highest BCUT2D eigenvalue weighted by Crippen LogP contribution is 2.37. The van der Waals surface area contributed by atoms with E-state index in [9.17, 15) is 9.90 Å². The van der Waals surface area contributed by atoms with Crippen LogP contribution >= 0.6 is 0 Å². The van der Waals surface area contributed by atoms with Gasteiger partial charge in [-0.25, -0.2) is 0 Å². The Balaban J connectivity index is 2.43. The number of benzene rings is 1. The van der Waals surface area contributed by atoms with Gasteiger partial charge in [-0.15, -0.1) is 0 Å². The molecular formula is C13H16O2. The van der Waals surface area contributed by atoms with Crippen LogP contribution in [0.3, 0.4) is 0 Å². The first-order valence-electron chi connectivity index (χ1n) is 5.54.